The number of hydrogen-bond acceptors (Lipinski definition) is 2. The monoisotopic (exact) mass is 461 g/mol. The van der Waals surface area contributed by atoms with Gasteiger partial charge in [0.2, 0.25) is 5.91 Å². The molecule has 0 atom stereocenters. The topological polar surface area (TPSA) is 52.6 Å². The largest absolute Gasteiger partial charge is 0.416 e. The lowest BCUT2D eigenvalue weighted by Gasteiger charge is -2.36. The second-order valence-electron chi connectivity index (χ2n) is 9.71. The third-order valence-electron chi connectivity index (χ3n) is 5.37. The minimum atomic E-state index is -4.39. The summed E-state index contributed by atoms with van der Waals surface area (Å²) < 4.78 is 38.5. The Hall–Kier alpha value is -3.03. The molecule has 3 amide bonds. The maximum Gasteiger partial charge on any atom is 0.416 e. The van der Waals surface area contributed by atoms with Crippen molar-refractivity contribution in [2.24, 2.45) is 5.41 Å². The van der Waals surface area contributed by atoms with Crippen molar-refractivity contribution in [1.29, 1.82) is 0 Å². The predicted molar refractivity (Wildman–Crippen MR) is 123 cm³/mol. The number of nitrogens with one attached hydrogen (secondary N) is 1. The van der Waals surface area contributed by atoms with Crippen LogP contribution < -0.4 is 10.2 Å². The zero-order valence-corrected chi connectivity index (χ0v) is 19.4. The third-order valence-corrected chi connectivity index (χ3v) is 5.37. The highest BCUT2D eigenvalue weighted by molar-refractivity contribution is 6.01. The molecule has 33 heavy (non-hydrogen) atoms. The van der Waals surface area contributed by atoms with Crippen molar-refractivity contribution in [1.82, 2.24) is 4.90 Å². The molecule has 2 aromatic carbocycles. The number of amides is 3. The summed E-state index contributed by atoms with van der Waals surface area (Å²) in [5.41, 5.74) is 1.89. The summed E-state index contributed by atoms with van der Waals surface area (Å²) in [5, 5.41) is 2.95. The van der Waals surface area contributed by atoms with Gasteiger partial charge in [0, 0.05) is 26.1 Å². The van der Waals surface area contributed by atoms with Gasteiger partial charge in [-0.05, 0) is 54.2 Å². The van der Waals surface area contributed by atoms with E-state index in [4.69, 9.17) is 0 Å². The van der Waals surface area contributed by atoms with Crippen LogP contribution in [-0.4, -0.2) is 29.9 Å². The molecule has 0 unspecified atom stereocenters. The maximum atomic E-state index is 13.3. The summed E-state index contributed by atoms with van der Waals surface area (Å²) in [6.07, 6.45) is -3.35. The summed E-state index contributed by atoms with van der Waals surface area (Å²) in [7, 11) is 0. The number of rotatable bonds is 5. The Bertz CT molecular complexity index is 1010. The zero-order chi connectivity index (χ0) is 24.4. The van der Waals surface area contributed by atoms with Crippen LogP contribution in [0.1, 0.15) is 50.3 Å². The molecule has 8 heteroatoms. The molecule has 0 aromatic heterocycles. The molecule has 2 aromatic rings. The molecule has 0 bridgehead atoms. The molecule has 178 valence electrons. The molecular weight excluding hydrogens is 431 g/mol. The predicted octanol–water partition coefficient (Wildman–Crippen LogP) is 6.22. The van der Waals surface area contributed by atoms with E-state index in [1.807, 2.05) is 45.9 Å². The Labute approximate surface area is 192 Å². The number of anilines is 2. The standard InChI is InChI=1S/C25H30F3N3O2/c1-17-6-11-21(20(14-17)29-22(32)15-24(2,3)4)31-13-5-12-30(23(31)33)16-18-7-9-19(10-8-18)25(26,27)28/h6-11,14H,5,12-13,15-16H2,1-4H3,(H,29,32). The number of benzene rings is 2. The smallest absolute Gasteiger partial charge is 0.324 e. The molecule has 3 rings (SSSR count). The van der Waals surface area contributed by atoms with Crippen LogP contribution in [0.3, 0.4) is 0 Å². The summed E-state index contributed by atoms with van der Waals surface area (Å²) >= 11 is 0. The van der Waals surface area contributed by atoms with Gasteiger partial charge in [-0.3, -0.25) is 9.69 Å². The SMILES string of the molecule is Cc1ccc(N2CCCN(Cc3ccc(C(F)(F)F)cc3)C2=O)c(NC(=O)CC(C)(C)C)c1. The first-order valence-corrected chi connectivity index (χ1v) is 11.0. The first kappa shape index (κ1) is 24.6. The van der Waals surface area contributed by atoms with Gasteiger partial charge in [-0.15, -0.1) is 0 Å². The molecular formula is C25H30F3N3O2. The summed E-state index contributed by atoms with van der Waals surface area (Å²) in [6, 6.07) is 10.2. The fraction of sp³-hybridized carbons (Fsp3) is 0.440. The summed E-state index contributed by atoms with van der Waals surface area (Å²) in [6.45, 7) is 9.08. The van der Waals surface area contributed by atoms with E-state index in [1.165, 1.54) is 12.1 Å². The average molecular weight is 462 g/mol. The molecule has 0 saturated carbocycles. The molecule has 5 nitrogen and oxygen atoms in total. The normalized spacial score (nSPS) is 15.1. The van der Waals surface area contributed by atoms with Crippen LogP contribution >= 0.6 is 0 Å². The molecule has 1 aliphatic heterocycles. The van der Waals surface area contributed by atoms with Gasteiger partial charge in [-0.1, -0.05) is 39.0 Å². The van der Waals surface area contributed by atoms with Crippen molar-refractivity contribution in [2.45, 2.75) is 53.3 Å². The van der Waals surface area contributed by atoms with Crippen LogP contribution in [0, 0.1) is 12.3 Å². The number of hydrogen-bond donors (Lipinski definition) is 1. The van der Waals surface area contributed by atoms with Gasteiger partial charge < -0.3 is 10.2 Å². The Morgan fingerprint density at radius 1 is 1.03 bits per heavy atom. The Kier molecular flexibility index (Phi) is 7.05. The lowest BCUT2D eigenvalue weighted by molar-refractivity contribution is -0.137. The number of halogens is 3. The van der Waals surface area contributed by atoms with Crippen molar-refractivity contribution in [3.63, 3.8) is 0 Å². The van der Waals surface area contributed by atoms with E-state index in [-0.39, 0.29) is 23.9 Å². The molecule has 1 heterocycles. The highest BCUT2D eigenvalue weighted by Crippen LogP contribution is 2.32. The number of alkyl halides is 3. The number of aryl methyl sites for hydroxylation is 1. The molecule has 1 fully saturated rings. The number of nitrogens with zero attached hydrogens (tertiary/aromatic N) is 2. The maximum absolute atomic E-state index is 13.3. The number of carbonyl (C=O) groups is 2. The van der Waals surface area contributed by atoms with Crippen molar-refractivity contribution in [3.8, 4) is 0 Å². The van der Waals surface area contributed by atoms with Gasteiger partial charge in [-0.2, -0.15) is 13.2 Å². The fourth-order valence-corrected chi connectivity index (χ4v) is 3.83. The van der Waals surface area contributed by atoms with E-state index >= 15 is 0 Å². The van der Waals surface area contributed by atoms with Crippen LogP contribution in [0.4, 0.5) is 29.3 Å². The molecule has 0 aliphatic carbocycles. The number of carbonyl (C=O) groups excluding carboxylic acids is 2. The van der Waals surface area contributed by atoms with E-state index in [2.05, 4.69) is 5.32 Å². The van der Waals surface area contributed by atoms with E-state index in [9.17, 15) is 22.8 Å². The average Bonchev–Trinajstić information content (AvgIpc) is 2.68. The number of urea groups is 1. The lowest BCUT2D eigenvalue weighted by Crippen LogP contribution is -2.49. The van der Waals surface area contributed by atoms with E-state index in [0.29, 0.717) is 42.9 Å². The molecule has 0 spiro atoms. The first-order chi connectivity index (χ1) is 15.3. The molecule has 1 aliphatic rings. The Morgan fingerprint density at radius 3 is 2.30 bits per heavy atom. The van der Waals surface area contributed by atoms with E-state index < -0.39 is 11.7 Å². The molecule has 0 radical (unpaired) electrons. The van der Waals surface area contributed by atoms with Crippen molar-refractivity contribution in [3.05, 3.63) is 59.2 Å². The van der Waals surface area contributed by atoms with Crippen LogP contribution in [0.25, 0.3) is 0 Å². The highest BCUT2D eigenvalue weighted by atomic mass is 19.4. The Morgan fingerprint density at radius 2 is 1.70 bits per heavy atom. The minimum absolute atomic E-state index is 0.125. The fourth-order valence-electron chi connectivity index (χ4n) is 3.83. The van der Waals surface area contributed by atoms with Gasteiger partial charge in [0.25, 0.3) is 0 Å². The van der Waals surface area contributed by atoms with Crippen LogP contribution in [0.5, 0.6) is 0 Å². The van der Waals surface area contributed by atoms with E-state index in [0.717, 1.165) is 17.7 Å². The van der Waals surface area contributed by atoms with Gasteiger partial charge in [0.05, 0.1) is 16.9 Å². The lowest BCUT2D eigenvalue weighted by atomic mass is 9.92. The van der Waals surface area contributed by atoms with Crippen LogP contribution in [0.15, 0.2) is 42.5 Å². The summed E-state index contributed by atoms with van der Waals surface area (Å²) in [4.78, 5) is 29.1. The minimum Gasteiger partial charge on any atom is -0.324 e. The van der Waals surface area contributed by atoms with Crippen molar-refractivity contribution < 1.29 is 22.8 Å². The third kappa shape index (κ3) is 6.49. The zero-order valence-electron chi connectivity index (χ0n) is 19.4. The van der Waals surface area contributed by atoms with Crippen LogP contribution in [-0.2, 0) is 17.5 Å². The Balaban J connectivity index is 1.78. The van der Waals surface area contributed by atoms with Gasteiger partial charge in [0.1, 0.15) is 0 Å². The molecule has 1 N–H and O–H groups in total. The highest BCUT2D eigenvalue weighted by Gasteiger charge is 2.31. The second-order valence-corrected chi connectivity index (χ2v) is 9.71. The van der Waals surface area contributed by atoms with Gasteiger partial charge in [-0.25, -0.2) is 4.79 Å². The quantitative estimate of drug-likeness (QED) is 0.575. The van der Waals surface area contributed by atoms with E-state index in [1.54, 1.807) is 9.80 Å². The second kappa shape index (κ2) is 9.45. The van der Waals surface area contributed by atoms with Gasteiger partial charge >= 0.3 is 12.2 Å². The van der Waals surface area contributed by atoms with Crippen molar-refractivity contribution >= 4 is 23.3 Å². The van der Waals surface area contributed by atoms with Gasteiger partial charge in [0.15, 0.2) is 0 Å². The first-order valence-electron chi connectivity index (χ1n) is 11.0. The molecule has 1 saturated heterocycles. The summed E-state index contributed by atoms with van der Waals surface area (Å²) in [5.74, 6) is -0.125. The van der Waals surface area contributed by atoms with Crippen LogP contribution in [0.2, 0.25) is 0 Å². The van der Waals surface area contributed by atoms with Crippen molar-refractivity contribution in [2.75, 3.05) is 23.3 Å².